The minimum Gasteiger partial charge on any atom is -0.328 e. The Hall–Kier alpha value is -0.120. The molecule has 1 saturated heterocycles. The fourth-order valence-electron chi connectivity index (χ4n) is 2.62. The number of unbranched alkanes of at least 4 members (excludes halogenated alkanes) is 1. The van der Waals surface area contributed by atoms with E-state index in [-0.39, 0.29) is 0 Å². The third-order valence-electron chi connectivity index (χ3n) is 4.35. The van der Waals surface area contributed by atoms with Gasteiger partial charge in [0.2, 0.25) is 0 Å². The topological polar surface area (TPSA) is 32.5 Å². The summed E-state index contributed by atoms with van der Waals surface area (Å²) in [5.74, 6) is 0. The molecular formula is C15H33N3. The van der Waals surface area contributed by atoms with Crippen molar-refractivity contribution < 1.29 is 0 Å². The van der Waals surface area contributed by atoms with E-state index in [0.717, 1.165) is 6.04 Å². The van der Waals surface area contributed by atoms with Crippen LogP contribution < -0.4 is 5.73 Å². The van der Waals surface area contributed by atoms with E-state index in [2.05, 4.69) is 30.6 Å². The third kappa shape index (κ3) is 5.68. The molecule has 3 heteroatoms. The van der Waals surface area contributed by atoms with Gasteiger partial charge in [0.1, 0.15) is 0 Å². The standard InChI is InChI=1S/C15H33N3/c1-4-6-9-18(14(3)5-2)13-12-17-10-7-15(16)8-11-17/h14-15H,4-13,16H2,1-3H3. The molecule has 2 N–H and O–H groups in total. The highest BCUT2D eigenvalue weighted by molar-refractivity contribution is 4.75. The first kappa shape index (κ1) is 15.9. The van der Waals surface area contributed by atoms with E-state index in [0.29, 0.717) is 6.04 Å². The average Bonchev–Trinajstić information content (AvgIpc) is 2.40. The van der Waals surface area contributed by atoms with E-state index < -0.39 is 0 Å². The molecule has 1 aliphatic rings. The van der Waals surface area contributed by atoms with E-state index in [1.54, 1.807) is 0 Å². The van der Waals surface area contributed by atoms with Crippen LogP contribution in [0.1, 0.15) is 52.9 Å². The summed E-state index contributed by atoms with van der Waals surface area (Å²) >= 11 is 0. The van der Waals surface area contributed by atoms with Crippen molar-refractivity contribution in [2.75, 3.05) is 32.7 Å². The first-order chi connectivity index (χ1) is 8.67. The van der Waals surface area contributed by atoms with Crippen LogP contribution in [0.2, 0.25) is 0 Å². The zero-order chi connectivity index (χ0) is 13.4. The van der Waals surface area contributed by atoms with E-state index in [9.17, 15) is 0 Å². The maximum Gasteiger partial charge on any atom is 0.0112 e. The Morgan fingerprint density at radius 1 is 1.22 bits per heavy atom. The maximum absolute atomic E-state index is 5.95. The molecule has 108 valence electrons. The van der Waals surface area contributed by atoms with E-state index in [1.165, 1.54) is 64.8 Å². The fraction of sp³-hybridized carbons (Fsp3) is 1.00. The van der Waals surface area contributed by atoms with Crippen molar-refractivity contribution in [2.45, 2.75) is 65.0 Å². The number of nitrogens with two attached hydrogens (primary N) is 1. The van der Waals surface area contributed by atoms with Gasteiger partial charge in [0.25, 0.3) is 0 Å². The molecule has 0 spiro atoms. The number of hydrogen-bond donors (Lipinski definition) is 1. The van der Waals surface area contributed by atoms with Gasteiger partial charge >= 0.3 is 0 Å². The summed E-state index contributed by atoms with van der Waals surface area (Å²) in [5.41, 5.74) is 5.95. The van der Waals surface area contributed by atoms with Crippen LogP contribution in [0.25, 0.3) is 0 Å². The smallest absolute Gasteiger partial charge is 0.0112 e. The largest absolute Gasteiger partial charge is 0.328 e. The lowest BCUT2D eigenvalue weighted by atomic mass is 10.1. The molecule has 1 atom stereocenters. The van der Waals surface area contributed by atoms with Gasteiger partial charge in [-0.05, 0) is 52.2 Å². The van der Waals surface area contributed by atoms with Gasteiger partial charge in [-0.1, -0.05) is 20.3 Å². The summed E-state index contributed by atoms with van der Waals surface area (Å²) in [6.07, 6.45) is 6.24. The molecule has 0 radical (unpaired) electrons. The van der Waals surface area contributed by atoms with Crippen molar-refractivity contribution in [1.29, 1.82) is 0 Å². The van der Waals surface area contributed by atoms with Crippen LogP contribution in [-0.4, -0.2) is 54.6 Å². The minimum absolute atomic E-state index is 0.451. The molecule has 0 aromatic rings. The Labute approximate surface area is 114 Å². The van der Waals surface area contributed by atoms with Crippen molar-refractivity contribution in [3.8, 4) is 0 Å². The predicted molar refractivity (Wildman–Crippen MR) is 79.9 cm³/mol. The highest BCUT2D eigenvalue weighted by Gasteiger charge is 2.17. The lowest BCUT2D eigenvalue weighted by molar-refractivity contribution is 0.146. The molecule has 0 amide bonds. The van der Waals surface area contributed by atoms with Crippen LogP contribution in [0, 0.1) is 0 Å². The second-order valence-electron chi connectivity index (χ2n) is 5.83. The zero-order valence-corrected chi connectivity index (χ0v) is 12.7. The van der Waals surface area contributed by atoms with Crippen LogP contribution in [0.15, 0.2) is 0 Å². The summed E-state index contributed by atoms with van der Waals surface area (Å²) in [7, 11) is 0. The van der Waals surface area contributed by atoms with Crippen LogP contribution in [0.3, 0.4) is 0 Å². The van der Waals surface area contributed by atoms with Gasteiger partial charge in [-0.3, -0.25) is 4.90 Å². The predicted octanol–water partition coefficient (Wildman–Crippen LogP) is 2.31. The van der Waals surface area contributed by atoms with E-state index >= 15 is 0 Å². The van der Waals surface area contributed by atoms with E-state index in [4.69, 9.17) is 5.73 Å². The number of nitrogens with zero attached hydrogens (tertiary/aromatic N) is 2. The van der Waals surface area contributed by atoms with Gasteiger partial charge in [-0.15, -0.1) is 0 Å². The van der Waals surface area contributed by atoms with Gasteiger partial charge in [-0.25, -0.2) is 0 Å². The molecule has 0 aliphatic carbocycles. The molecule has 0 saturated carbocycles. The van der Waals surface area contributed by atoms with Gasteiger partial charge in [0, 0.05) is 25.2 Å². The molecule has 0 aromatic carbocycles. The van der Waals surface area contributed by atoms with E-state index in [1.807, 2.05) is 0 Å². The molecule has 0 aromatic heterocycles. The Morgan fingerprint density at radius 2 is 1.89 bits per heavy atom. The quantitative estimate of drug-likeness (QED) is 0.722. The minimum atomic E-state index is 0.451. The van der Waals surface area contributed by atoms with Gasteiger partial charge < -0.3 is 10.6 Å². The van der Waals surface area contributed by atoms with Gasteiger partial charge in [0.05, 0.1) is 0 Å². The summed E-state index contributed by atoms with van der Waals surface area (Å²) in [4.78, 5) is 5.25. The fourth-order valence-corrected chi connectivity index (χ4v) is 2.62. The Morgan fingerprint density at radius 3 is 2.44 bits per heavy atom. The van der Waals surface area contributed by atoms with Crippen LogP contribution in [-0.2, 0) is 0 Å². The average molecular weight is 255 g/mol. The second kappa shape index (κ2) is 8.89. The van der Waals surface area contributed by atoms with Crippen molar-refractivity contribution >= 4 is 0 Å². The van der Waals surface area contributed by atoms with Crippen molar-refractivity contribution in [3.05, 3.63) is 0 Å². The summed E-state index contributed by atoms with van der Waals surface area (Å²) in [6, 6.07) is 1.18. The Bertz CT molecular complexity index is 200. The lowest BCUT2D eigenvalue weighted by Gasteiger charge is -2.34. The molecule has 1 fully saturated rings. The Kier molecular flexibility index (Phi) is 7.87. The molecule has 1 unspecified atom stereocenters. The van der Waals surface area contributed by atoms with Crippen LogP contribution in [0.5, 0.6) is 0 Å². The maximum atomic E-state index is 5.95. The number of hydrogen-bond acceptors (Lipinski definition) is 3. The summed E-state index contributed by atoms with van der Waals surface area (Å²) < 4.78 is 0. The van der Waals surface area contributed by atoms with Crippen molar-refractivity contribution in [1.82, 2.24) is 9.80 Å². The molecular weight excluding hydrogens is 222 g/mol. The van der Waals surface area contributed by atoms with Gasteiger partial charge in [-0.2, -0.15) is 0 Å². The van der Waals surface area contributed by atoms with Crippen LogP contribution in [0.4, 0.5) is 0 Å². The Balaban J connectivity index is 2.27. The highest BCUT2D eigenvalue weighted by Crippen LogP contribution is 2.10. The number of piperidine rings is 1. The number of rotatable bonds is 8. The monoisotopic (exact) mass is 255 g/mol. The van der Waals surface area contributed by atoms with Crippen molar-refractivity contribution in [3.63, 3.8) is 0 Å². The first-order valence-electron chi connectivity index (χ1n) is 7.89. The van der Waals surface area contributed by atoms with Crippen LogP contribution >= 0.6 is 0 Å². The molecule has 1 rings (SSSR count). The lowest BCUT2D eigenvalue weighted by Crippen LogP contribution is -2.45. The number of likely N-dealkylation sites (tertiary alicyclic amines) is 1. The van der Waals surface area contributed by atoms with Crippen molar-refractivity contribution in [2.24, 2.45) is 5.73 Å². The van der Waals surface area contributed by atoms with Gasteiger partial charge in [0.15, 0.2) is 0 Å². The first-order valence-corrected chi connectivity index (χ1v) is 7.89. The summed E-state index contributed by atoms with van der Waals surface area (Å²) in [6.45, 7) is 13.0. The molecule has 3 nitrogen and oxygen atoms in total. The zero-order valence-electron chi connectivity index (χ0n) is 12.7. The third-order valence-corrected chi connectivity index (χ3v) is 4.35. The molecule has 1 aliphatic heterocycles. The SMILES string of the molecule is CCCCN(CCN1CCC(N)CC1)C(C)CC. The molecule has 0 bridgehead atoms. The normalized spacial score (nSPS) is 20.5. The highest BCUT2D eigenvalue weighted by atomic mass is 15.2. The molecule has 1 heterocycles. The summed E-state index contributed by atoms with van der Waals surface area (Å²) in [5, 5.41) is 0. The second-order valence-corrected chi connectivity index (χ2v) is 5.83. The molecule has 18 heavy (non-hydrogen) atoms.